The van der Waals surface area contributed by atoms with Crippen molar-refractivity contribution in [2.75, 3.05) is 18.2 Å². The molecule has 0 aliphatic rings. The quantitative estimate of drug-likeness (QED) is 0.394. The molecule has 2 aromatic heterocycles. The van der Waals surface area contributed by atoms with Crippen LogP contribution in [0.25, 0.3) is 11.3 Å². The number of oxazole rings is 1. The van der Waals surface area contributed by atoms with Gasteiger partial charge in [0.15, 0.2) is 12.2 Å². The van der Waals surface area contributed by atoms with E-state index in [1.54, 1.807) is 47.5 Å². The van der Waals surface area contributed by atoms with Crippen molar-refractivity contribution in [3.8, 4) is 17.1 Å². The van der Waals surface area contributed by atoms with Gasteiger partial charge in [-0.25, -0.2) is 4.98 Å². The van der Waals surface area contributed by atoms with Crippen molar-refractivity contribution >= 4 is 40.6 Å². The summed E-state index contributed by atoms with van der Waals surface area (Å²) in [5, 5.41) is 7.45. The highest BCUT2D eigenvalue weighted by molar-refractivity contribution is 8.01. The molecule has 158 valence electrons. The number of methoxy groups -OCH3 is 1. The minimum absolute atomic E-state index is 0.446. The molecule has 0 fully saturated rings. The molecule has 0 saturated heterocycles. The molecule has 0 spiro atoms. The fraction of sp³-hybridized carbons (Fsp3) is 0.286. The van der Waals surface area contributed by atoms with E-state index in [1.807, 2.05) is 25.3 Å². The monoisotopic (exact) mass is 445 g/mol. The van der Waals surface area contributed by atoms with E-state index >= 15 is 0 Å². The number of thioether (sulfide) groups is 1. The Hall–Kier alpha value is -2.78. The van der Waals surface area contributed by atoms with E-state index in [0.29, 0.717) is 22.8 Å². The number of carbonyl (C=O) groups excluding carboxylic acids is 2. The van der Waals surface area contributed by atoms with E-state index < -0.39 is 17.4 Å². The summed E-state index contributed by atoms with van der Waals surface area (Å²) in [7, 11) is 1.52. The minimum Gasteiger partial charge on any atom is -0.496 e. The molecular formula is C21H23N3O4S2. The number of thiophene rings is 1. The Bertz CT molecular complexity index is 986. The second-order valence-electron chi connectivity index (χ2n) is 7.10. The van der Waals surface area contributed by atoms with E-state index in [1.165, 1.54) is 17.7 Å². The smallest absolute Gasteiger partial charge is 0.313 e. The van der Waals surface area contributed by atoms with Crippen LogP contribution >= 0.6 is 23.1 Å². The zero-order chi connectivity index (χ0) is 21.6. The zero-order valence-corrected chi connectivity index (χ0v) is 18.6. The molecule has 3 aromatic rings. The van der Waals surface area contributed by atoms with E-state index in [9.17, 15) is 9.59 Å². The number of ether oxygens (including phenoxy) is 1. The van der Waals surface area contributed by atoms with Gasteiger partial charge in [0.2, 0.25) is 0 Å². The fourth-order valence-corrected chi connectivity index (χ4v) is 4.81. The first-order valence-electron chi connectivity index (χ1n) is 9.25. The van der Waals surface area contributed by atoms with Crippen LogP contribution in [0.3, 0.4) is 0 Å². The number of carbonyl (C=O) groups is 2. The molecule has 0 atom stereocenters. The molecule has 2 amide bonds. The molecule has 9 heteroatoms. The van der Waals surface area contributed by atoms with Gasteiger partial charge in [-0.15, -0.1) is 23.1 Å². The maximum atomic E-state index is 12.4. The maximum Gasteiger partial charge on any atom is 0.313 e. The Balaban J connectivity index is 1.56. The largest absolute Gasteiger partial charge is 0.496 e. The SMILES string of the molecule is COc1cc(NC(=O)C(=O)NC(C)(C)CCSc2cccs2)ccc1-c1cnco1. The lowest BCUT2D eigenvalue weighted by molar-refractivity contribution is -0.137. The van der Waals surface area contributed by atoms with Gasteiger partial charge in [-0.1, -0.05) is 6.07 Å². The van der Waals surface area contributed by atoms with Gasteiger partial charge in [-0.3, -0.25) is 9.59 Å². The summed E-state index contributed by atoms with van der Waals surface area (Å²) in [6.07, 6.45) is 3.63. The zero-order valence-electron chi connectivity index (χ0n) is 16.9. The van der Waals surface area contributed by atoms with Crippen molar-refractivity contribution in [3.05, 3.63) is 48.3 Å². The summed E-state index contributed by atoms with van der Waals surface area (Å²) in [4.78, 5) is 28.6. The van der Waals surface area contributed by atoms with Crippen molar-refractivity contribution in [1.82, 2.24) is 10.3 Å². The molecular weight excluding hydrogens is 422 g/mol. The normalized spacial score (nSPS) is 11.2. The number of amides is 2. The van der Waals surface area contributed by atoms with Gasteiger partial charge < -0.3 is 19.8 Å². The van der Waals surface area contributed by atoms with Crippen LogP contribution in [-0.2, 0) is 9.59 Å². The Morgan fingerprint density at radius 3 is 2.77 bits per heavy atom. The standard InChI is InChI=1S/C21H23N3O4S2/c1-21(2,8-10-30-18-5-4-9-29-18)24-20(26)19(25)23-14-6-7-15(16(11-14)27-3)17-12-22-13-28-17/h4-7,9,11-13H,8,10H2,1-3H3,(H,23,25)(H,24,26). The number of benzene rings is 1. The number of hydrogen-bond acceptors (Lipinski definition) is 7. The molecule has 1 aromatic carbocycles. The van der Waals surface area contributed by atoms with Crippen LogP contribution < -0.4 is 15.4 Å². The fourth-order valence-electron chi connectivity index (χ4n) is 2.69. The second kappa shape index (κ2) is 9.82. The molecule has 0 radical (unpaired) electrons. The molecule has 0 bridgehead atoms. The number of nitrogens with zero attached hydrogens (tertiary/aromatic N) is 1. The van der Waals surface area contributed by atoms with Gasteiger partial charge in [0, 0.05) is 23.0 Å². The minimum atomic E-state index is -0.733. The Morgan fingerprint density at radius 1 is 1.27 bits per heavy atom. The number of nitrogens with one attached hydrogen (secondary N) is 2. The topological polar surface area (TPSA) is 93.5 Å². The first-order chi connectivity index (χ1) is 14.4. The highest BCUT2D eigenvalue weighted by Gasteiger charge is 2.24. The van der Waals surface area contributed by atoms with Gasteiger partial charge >= 0.3 is 11.8 Å². The van der Waals surface area contributed by atoms with Gasteiger partial charge in [-0.2, -0.15) is 0 Å². The van der Waals surface area contributed by atoms with Gasteiger partial charge in [-0.05, 0) is 43.8 Å². The van der Waals surface area contributed by atoms with Gasteiger partial charge in [0.1, 0.15) is 5.75 Å². The van der Waals surface area contributed by atoms with Crippen LogP contribution in [0, 0.1) is 0 Å². The molecule has 7 nitrogen and oxygen atoms in total. The van der Waals surface area contributed by atoms with Crippen LogP contribution in [-0.4, -0.2) is 35.2 Å². The Morgan fingerprint density at radius 2 is 2.10 bits per heavy atom. The van der Waals surface area contributed by atoms with Crippen LogP contribution in [0.5, 0.6) is 5.75 Å². The lowest BCUT2D eigenvalue weighted by Gasteiger charge is -2.25. The summed E-state index contributed by atoms with van der Waals surface area (Å²) >= 11 is 3.43. The lowest BCUT2D eigenvalue weighted by atomic mass is 10.0. The van der Waals surface area contributed by atoms with Gasteiger partial charge in [0.05, 0.1) is 23.1 Å². The molecule has 0 unspecified atom stereocenters. The second-order valence-corrected chi connectivity index (χ2v) is 9.45. The average molecular weight is 446 g/mol. The Kier molecular flexibility index (Phi) is 7.17. The first kappa shape index (κ1) is 21.9. The predicted octanol–water partition coefficient (Wildman–Crippen LogP) is 4.43. The number of anilines is 1. The molecule has 2 N–H and O–H groups in total. The summed E-state index contributed by atoms with van der Waals surface area (Å²) in [6.45, 7) is 3.81. The Labute approximate surface area is 183 Å². The third-order valence-electron chi connectivity index (χ3n) is 4.28. The van der Waals surface area contributed by atoms with Crippen molar-refractivity contribution in [2.45, 2.75) is 30.0 Å². The third-order valence-corrected chi connectivity index (χ3v) is 6.41. The molecule has 0 aliphatic carbocycles. The van der Waals surface area contributed by atoms with Crippen LogP contribution in [0.1, 0.15) is 20.3 Å². The average Bonchev–Trinajstić information content (AvgIpc) is 3.41. The van der Waals surface area contributed by atoms with Crippen molar-refractivity contribution in [3.63, 3.8) is 0 Å². The van der Waals surface area contributed by atoms with E-state index in [2.05, 4.69) is 21.7 Å². The molecule has 3 rings (SSSR count). The molecule has 30 heavy (non-hydrogen) atoms. The molecule has 2 heterocycles. The predicted molar refractivity (Wildman–Crippen MR) is 119 cm³/mol. The summed E-state index contributed by atoms with van der Waals surface area (Å²) in [6, 6.07) is 9.12. The summed E-state index contributed by atoms with van der Waals surface area (Å²) < 4.78 is 11.9. The van der Waals surface area contributed by atoms with Crippen LogP contribution in [0.4, 0.5) is 5.69 Å². The molecule has 0 aliphatic heterocycles. The van der Waals surface area contributed by atoms with E-state index in [0.717, 1.165) is 12.2 Å². The van der Waals surface area contributed by atoms with Crippen molar-refractivity contribution in [1.29, 1.82) is 0 Å². The number of aromatic nitrogens is 1. The highest BCUT2D eigenvalue weighted by Crippen LogP contribution is 2.32. The number of hydrogen-bond donors (Lipinski definition) is 2. The van der Waals surface area contributed by atoms with Crippen molar-refractivity contribution < 1.29 is 18.7 Å². The maximum absolute atomic E-state index is 12.4. The van der Waals surface area contributed by atoms with Crippen LogP contribution in [0.2, 0.25) is 0 Å². The van der Waals surface area contributed by atoms with Gasteiger partial charge in [0.25, 0.3) is 0 Å². The summed E-state index contributed by atoms with van der Waals surface area (Å²) in [5.74, 6) is 0.471. The first-order valence-corrected chi connectivity index (χ1v) is 11.1. The third kappa shape index (κ3) is 5.87. The van der Waals surface area contributed by atoms with E-state index in [-0.39, 0.29) is 0 Å². The lowest BCUT2D eigenvalue weighted by Crippen LogP contribution is -2.48. The number of rotatable bonds is 8. The van der Waals surface area contributed by atoms with E-state index in [4.69, 9.17) is 9.15 Å². The highest BCUT2D eigenvalue weighted by atomic mass is 32.2. The molecule has 0 saturated carbocycles. The summed E-state index contributed by atoms with van der Waals surface area (Å²) in [5.41, 5.74) is 0.634. The van der Waals surface area contributed by atoms with Crippen molar-refractivity contribution in [2.24, 2.45) is 0 Å². The van der Waals surface area contributed by atoms with Crippen LogP contribution in [0.15, 0.2) is 56.9 Å².